The van der Waals surface area contributed by atoms with Gasteiger partial charge in [0.05, 0.1) is 11.1 Å². The van der Waals surface area contributed by atoms with Crippen LogP contribution in [0.25, 0.3) is 0 Å². The number of hydrogen-bond acceptors (Lipinski definition) is 6. The van der Waals surface area contributed by atoms with Gasteiger partial charge in [0.2, 0.25) is 11.9 Å². The van der Waals surface area contributed by atoms with Crippen LogP contribution >= 0.6 is 0 Å². The van der Waals surface area contributed by atoms with Crippen LogP contribution in [0.5, 0.6) is 0 Å². The van der Waals surface area contributed by atoms with E-state index in [1.165, 1.54) is 128 Å². The Morgan fingerprint density at radius 1 is 0.500 bits per heavy atom. The highest BCUT2D eigenvalue weighted by molar-refractivity contribution is 5.88. The summed E-state index contributed by atoms with van der Waals surface area (Å²) in [5.41, 5.74) is 0.650. The van der Waals surface area contributed by atoms with Gasteiger partial charge < -0.3 is 10.6 Å². The van der Waals surface area contributed by atoms with Crippen LogP contribution in [0, 0.1) is 0 Å². The maximum atomic E-state index is 13.2. The number of amides is 4. The van der Waals surface area contributed by atoms with Crippen molar-refractivity contribution >= 4 is 24.0 Å². The zero-order valence-corrected chi connectivity index (χ0v) is 38.0. The van der Waals surface area contributed by atoms with E-state index in [9.17, 15) is 19.2 Å². The fourth-order valence-corrected chi connectivity index (χ4v) is 7.62. The number of carbonyl (C=O) groups excluding carboxylic acids is 2. The summed E-state index contributed by atoms with van der Waals surface area (Å²) in [6.45, 7) is 12.0. The highest BCUT2D eigenvalue weighted by Crippen LogP contribution is 2.27. The Labute approximate surface area is 360 Å². The van der Waals surface area contributed by atoms with E-state index in [2.05, 4.69) is 55.1 Å². The Morgan fingerprint density at radius 3 is 1.15 bits per heavy atom. The molecule has 0 aliphatic carbocycles. The van der Waals surface area contributed by atoms with Gasteiger partial charge in [0.1, 0.15) is 0 Å². The van der Waals surface area contributed by atoms with Gasteiger partial charge in [-0.05, 0) is 64.5 Å². The van der Waals surface area contributed by atoms with Crippen molar-refractivity contribution in [1.82, 2.24) is 30.6 Å². The van der Waals surface area contributed by atoms with E-state index < -0.39 is 23.1 Å². The van der Waals surface area contributed by atoms with E-state index in [1.54, 1.807) is 0 Å². The van der Waals surface area contributed by atoms with Crippen molar-refractivity contribution in [2.45, 2.75) is 207 Å². The number of nitrogens with zero attached hydrogens (tertiary/aromatic N) is 2. The van der Waals surface area contributed by atoms with Crippen molar-refractivity contribution in [3.05, 3.63) is 79.6 Å². The first kappa shape index (κ1) is 49.9. The lowest BCUT2D eigenvalue weighted by molar-refractivity contribution is 0.241. The molecule has 0 saturated heterocycles. The molecule has 0 spiro atoms. The van der Waals surface area contributed by atoms with Crippen LogP contribution in [0.2, 0.25) is 0 Å². The predicted octanol–water partition coefficient (Wildman–Crippen LogP) is 11.7. The highest BCUT2D eigenvalue weighted by Gasteiger charge is 2.28. The summed E-state index contributed by atoms with van der Waals surface area (Å²) in [6, 6.07) is 9.60. The van der Waals surface area contributed by atoms with E-state index in [0.717, 1.165) is 36.8 Å². The Bertz CT molecular complexity index is 1690. The number of nitrogens with one attached hydrogen (secondary N) is 6. The molecule has 0 saturated carbocycles. The Balaban J connectivity index is 1.46. The van der Waals surface area contributed by atoms with Gasteiger partial charge in [0.15, 0.2) is 0 Å². The Morgan fingerprint density at radius 2 is 0.817 bits per heavy atom. The number of H-pyrrole nitrogens is 2. The van der Waals surface area contributed by atoms with Crippen LogP contribution in [-0.4, -0.2) is 32.0 Å². The van der Waals surface area contributed by atoms with Gasteiger partial charge >= 0.3 is 12.1 Å². The van der Waals surface area contributed by atoms with Gasteiger partial charge in [0.25, 0.3) is 11.1 Å². The molecule has 3 rings (SSSR count). The normalized spacial score (nSPS) is 11.7. The van der Waals surface area contributed by atoms with Gasteiger partial charge in [-0.25, -0.2) is 19.6 Å². The zero-order chi connectivity index (χ0) is 43.6. The second-order valence-corrected chi connectivity index (χ2v) is 17.7. The van der Waals surface area contributed by atoms with Gasteiger partial charge in [-0.1, -0.05) is 167 Å². The number of aromatic nitrogens is 4. The lowest BCUT2D eigenvalue weighted by Gasteiger charge is -2.31. The summed E-state index contributed by atoms with van der Waals surface area (Å²) in [5.74, 6) is 0.212. The van der Waals surface area contributed by atoms with E-state index >= 15 is 0 Å². The zero-order valence-electron chi connectivity index (χ0n) is 38.0. The van der Waals surface area contributed by atoms with Crippen molar-refractivity contribution in [3.63, 3.8) is 0 Å². The number of rotatable bonds is 30. The SMILES string of the molecule is CCCCCCCCCCCCCc1cc(=O)[15nH]c([15NH]C(=O)NC(C)(C)c2cccc(C(C)(C)NC(=O)[15NH]c3[15n]c(CCCCCCCCCCCCC)cc(=O)[15nH]3)c2)[15n]1. The summed E-state index contributed by atoms with van der Waals surface area (Å²) < 4.78 is 0. The topological polar surface area (TPSA) is 174 Å². The first-order chi connectivity index (χ1) is 28.8. The van der Waals surface area contributed by atoms with Crippen molar-refractivity contribution in [1.29, 1.82) is 0 Å². The molecule has 0 fully saturated rings. The molecule has 12 heteroatoms. The molecule has 0 unspecified atom stereocenters. The standard InChI is InChI=1S/C48H78N8O4/c1-7-9-11-13-15-17-19-21-23-25-27-32-39-35-41(57)51-43(49-39)53-45(59)55-47(3,4)37-30-29-31-38(34-37)48(5,6)56-46(60)54-44-50-40(36-42(58)52-44)33-28-26-24-22-20-18-16-14-12-10-8-2/h29-31,34-36H,7-28,32-33H2,1-6H3,(H3,49,51,53,55,57,59)(H3,50,52,54,56,58,60)/i49+1,50+1,51+1,52+1,53+1,54+1. The fourth-order valence-electron chi connectivity index (χ4n) is 7.62. The molecular weight excluding hydrogens is 759 g/mol. The number of hydrogen-bond donors (Lipinski definition) is 6. The second-order valence-electron chi connectivity index (χ2n) is 17.7. The number of carbonyl (C=O) groups is 2. The molecular formula is C48H78N8O4. The molecule has 0 aliphatic heterocycles. The minimum Gasteiger partial charge on any atom is -0.329 e. The molecule has 12 nitrogen and oxygen atoms in total. The lowest BCUT2D eigenvalue weighted by atomic mass is 9.87. The summed E-state index contributed by atoms with van der Waals surface area (Å²) in [4.78, 5) is 65.6. The minimum absolute atomic E-state index is 0.106. The van der Waals surface area contributed by atoms with E-state index in [-0.39, 0.29) is 23.0 Å². The monoisotopic (exact) mass is 837 g/mol. The molecule has 0 bridgehead atoms. The van der Waals surface area contributed by atoms with Crippen LogP contribution in [-0.2, 0) is 23.9 Å². The van der Waals surface area contributed by atoms with Gasteiger partial charge in [0, 0.05) is 23.5 Å². The molecule has 3 aromatic rings. The third kappa shape index (κ3) is 20.2. The fraction of sp³-hybridized carbons (Fsp3) is 0.667. The molecule has 6 N–H and O–H groups in total. The number of benzene rings is 1. The van der Waals surface area contributed by atoms with Crippen LogP contribution < -0.4 is 32.4 Å². The largest absolute Gasteiger partial charge is 0.329 e. The molecule has 0 atom stereocenters. The Hall–Kier alpha value is -4.48. The average Bonchev–Trinajstić information content (AvgIpc) is 3.18. The minimum atomic E-state index is -0.830. The van der Waals surface area contributed by atoms with Crippen molar-refractivity contribution in [3.8, 4) is 0 Å². The van der Waals surface area contributed by atoms with Crippen LogP contribution in [0.3, 0.4) is 0 Å². The molecule has 2 heterocycles. The lowest BCUT2D eigenvalue weighted by Crippen LogP contribution is -2.45. The highest BCUT2D eigenvalue weighted by atomic mass is 16.2. The number of urea groups is 2. The maximum absolute atomic E-state index is 13.2. The predicted molar refractivity (Wildman–Crippen MR) is 247 cm³/mol. The first-order valence-electron chi connectivity index (χ1n) is 23.3. The first-order valence-corrected chi connectivity index (χ1v) is 23.3. The molecule has 2 aromatic heterocycles. The van der Waals surface area contributed by atoms with Crippen LogP contribution in [0.4, 0.5) is 21.5 Å². The molecule has 0 radical (unpaired) electrons. The molecule has 1 aromatic carbocycles. The molecule has 60 heavy (non-hydrogen) atoms. The van der Waals surface area contributed by atoms with Gasteiger partial charge in [-0.15, -0.1) is 0 Å². The molecule has 4 amide bonds. The van der Waals surface area contributed by atoms with E-state index in [0.29, 0.717) is 24.2 Å². The van der Waals surface area contributed by atoms with Crippen molar-refractivity contribution < 1.29 is 9.59 Å². The van der Waals surface area contributed by atoms with Gasteiger partial charge in [-0.2, -0.15) is 0 Å². The molecule has 334 valence electrons. The summed E-state index contributed by atoms with van der Waals surface area (Å²) in [6.07, 6.45) is 28.7. The van der Waals surface area contributed by atoms with Crippen LogP contribution in [0.1, 0.15) is 205 Å². The Kier molecular flexibility index (Phi) is 22.8. The summed E-state index contributed by atoms with van der Waals surface area (Å²) in [7, 11) is 0. The number of aromatic amines is 2. The quantitative estimate of drug-likeness (QED) is 0.0288. The number of aryl methyl sites for hydroxylation is 2. The average molecular weight is 837 g/mol. The van der Waals surface area contributed by atoms with E-state index in [4.69, 9.17) is 0 Å². The molecule has 0 aliphatic rings. The van der Waals surface area contributed by atoms with Crippen LogP contribution in [0.15, 0.2) is 46.0 Å². The smallest absolute Gasteiger partial charge is 0.322 e. The summed E-state index contributed by atoms with van der Waals surface area (Å²) >= 11 is 0. The van der Waals surface area contributed by atoms with E-state index in [1.807, 2.05) is 52.0 Å². The third-order valence-corrected chi connectivity index (χ3v) is 11.3. The second kappa shape index (κ2) is 27.4. The number of anilines is 2. The maximum Gasteiger partial charge on any atom is 0.322 e. The van der Waals surface area contributed by atoms with Gasteiger partial charge in [-0.3, -0.25) is 30.2 Å². The summed E-state index contributed by atoms with van der Waals surface area (Å²) in [5, 5.41) is 11.4. The number of unbranched alkanes of at least 4 members (excludes halogenated alkanes) is 20. The van der Waals surface area contributed by atoms with Crippen molar-refractivity contribution in [2.24, 2.45) is 0 Å². The third-order valence-electron chi connectivity index (χ3n) is 11.3. The van der Waals surface area contributed by atoms with Crippen molar-refractivity contribution in [2.75, 3.05) is 10.6 Å².